The molecule has 3 aromatic carbocycles. The molecule has 1 N–H and O–H groups in total. The van der Waals surface area contributed by atoms with Gasteiger partial charge in [-0.1, -0.05) is 30.0 Å². The Balaban J connectivity index is 1.62. The van der Waals surface area contributed by atoms with Crippen molar-refractivity contribution in [1.82, 2.24) is 14.8 Å². The summed E-state index contributed by atoms with van der Waals surface area (Å²) < 4.78 is 12.5. The molecule has 7 nitrogen and oxygen atoms in total. The van der Waals surface area contributed by atoms with Crippen LogP contribution in [0.2, 0.25) is 0 Å². The standard InChI is InChI=1S/C26H26N4O3S/c1-17-6-5-7-18(2)24(17)27-23(31)16-34-26-29-28-25(19-8-12-21(32-3)13-9-19)30(26)20-10-14-22(33-4)15-11-20/h5-15H,16H2,1-4H3,(H,27,31). The number of aromatic nitrogens is 3. The van der Waals surface area contributed by atoms with Gasteiger partial charge in [-0.05, 0) is 73.5 Å². The molecular formula is C26H26N4O3S. The van der Waals surface area contributed by atoms with Gasteiger partial charge in [-0.2, -0.15) is 0 Å². The average Bonchev–Trinajstić information content (AvgIpc) is 3.29. The van der Waals surface area contributed by atoms with E-state index in [0.717, 1.165) is 39.6 Å². The van der Waals surface area contributed by atoms with E-state index < -0.39 is 0 Å². The van der Waals surface area contributed by atoms with Gasteiger partial charge < -0.3 is 14.8 Å². The molecule has 0 aliphatic heterocycles. The maximum absolute atomic E-state index is 12.7. The van der Waals surface area contributed by atoms with E-state index in [1.165, 1.54) is 11.8 Å². The molecule has 0 spiro atoms. The van der Waals surface area contributed by atoms with Crippen LogP contribution in [0.4, 0.5) is 5.69 Å². The lowest BCUT2D eigenvalue weighted by Crippen LogP contribution is -2.16. The number of carbonyl (C=O) groups excluding carboxylic acids is 1. The Kier molecular flexibility index (Phi) is 7.18. The Morgan fingerprint density at radius 3 is 2.06 bits per heavy atom. The number of para-hydroxylation sites is 1. The quantitative estimate of drug-likeness (QED) is 0.349. The molecule has 8 heteroatoms. The van der Waals surface area contributed by atoms with Crippen molar-refractivity contribution in [3.05, 3.63) is 77.9 Å². The number of anilines is 1. The predicted octanol–water partition coefficient (Wildman–Crippen LogP) is 5.30. The summed E-state index contributed by atoms with van der Waals surface area (Å²) in [5.74, 6) is 2.29. The fourth-order valence-corrected chi connectivity index (χ4v) is 4.32. The molecule has 0 saturated carbocycles. The lowest BCUT2D eigenvalue weighted by molar-refractivity contribution is -0.113. The molecular weight excluding hydrogens is 448 g/mol. The number of thioether (sulfide) groups is 1. The van der Waals surface area contributed by atoms with Crippen molar-refractivity contribution < 1.29 is 14.3 Å². The predicted molar refractivity (Wildman–Crippen MR) is 135 cm³/mol. The van der Waals surface area contributed by atoms with E-state index in [9.17, 15) is 4.79 Å². The van der Waals surface area contributed by atoms with E-state index in [1.807, 2.05) is 85.1 Å². The van der Waals surface area contributed by atoms with Gasteiger partial charge in [-0.3, -0.25) is 9.36 Å². The maximum atomic E-state index is 12.7. The number of methoxy groups -OCH3 is 2. The highest BCUT2D eigenvalue weighted by molar-refractivity contribution is 7.99. The van der Waals surface area contributed by atoms with E-state index in [4.69, 9.17) is 9.47 Å². The molecule has 4 rings (SSSR count). The van der Waals surface area contributed by atoms with Crippen LogP contribution in [0.5, 0.6) is 11.5 Å². The third kappa shape index (κ3) is 5.07. The zero-order valence-electron chi connectivity index (χ0n) is 19.5. The van der Waals surface area contributed by atoms with Crippen LogP contribution in [0, 0.1) is 13.8 Å². The molecule has 34 heavy (non-hydrogen) atoms. The van der Waals surface area contributed by atoms with E-state index in [2.05, 4.69) is 15.5 Å². The Hall–Kier alpha value is -3.78. The highest BCUT2D eigenvalue weighted by Crippen LogP contribution is 2.30. The number of hydrogen-bond acceptors (Lipinski definition) is 6. The van der Waals surface area contributed by atoms with E-state index in [-0.39, 0.29) is 11.7 Å². The third-order valence-corrected chi connectivity index (χ3v) is 6.32. The summed E-state index contributed by atoms with van der Waals surface area (Å²) in [7, 11) is 3.26. The fourth-order valence-electron chi connectivity index (χ4n) is 3.57. The number of carbonyl (C=O) groups is 1. The van der Waals surface area contributed by atoms with Crippen LogP contribution in [0.1, 0.15) is 11.1 Å². The highest BCUT2D eigenvalue weighted by atomic mass is 32.2. The van der Waals surface area contributed by atoms with Crippen LogP contribution in [0.3, 0.4) is 0 Å². The molecule has 0 bridgehead atoms. The summed E-state index contributed by atoms with van der Waals surface area (Å²) in [6, 6.07) is 21.2. The Bertz CT molecular complexity index is 1260. The minimum atomic E-state index is -0.0994. The molecule has 0 radical (unpaired) electrons. The van der Waals surface area contributed by atoms with Crippen LogP contribution in [0.25, 0.3) is 17.1 Å². The number of aryl methyl sites for hydroxylation is 2. The molecule has 0 atom stereocenters. The van der Waals surface area contributed by atoms with Crippen LogP contribution in [0.15, 0.2) is 71.9 Å². The zero-order valence-corrected chi connectivity index (χ0v) is 20.3. The first kappa shape index (κ1) is 23.4. The van der Waals surface area contributed by atoms with Crippen molar-refractivity contribution in [3.63, 3.8) is 0 Å². The Labute approximate surface area is 203 Å². The summed E-state index contributed by atoms with van der Waals surface area (Å²) >= 11 is 1.34. The highest BCUT2D eigenvalue weighted by Gasteiger charge is 2.18. The van der Waals surface area contributed by atoms with Gasteiger partial charge in [0, 0.05) is 16.9 Å². The minimum absolute atomic E-state index is 0.0994. The average molecular weight is 475 g/mol. The van der Waals surface area contributed by atoms with Gasteiger partial charge >= 0.3 is 0 Å². The zero-order chi connectivity index (χ0) is 24.1. The van der Waals surface area contributed by atoms with E-state index in [1.54, 1.807) is 14.2 Å². The van der Waals surface area contributed by atoms with Gasteiger partial charge in [0.2, 0.25) is 5.91 Å². The molecule has 174 valence electrons. The summed E-state index contributed by atoms with van der Waals surface area (Å²) in [4.78, 5) is 12.7. The van der Waals surface area contributed by atoms with Crippen molar-refractivity contribution in [2.24, 2.45) is 0 Å². The molecule has 0 fully saturated rings. The number of nitrogens with zero attached hydrogens (tertiary/aromatic N) is 3. The van der Waals surface area contributed by atoms with Crippen LogP contribution in [-0.2, 0) is 4.79 Å². The van der Waals surface area contributed by atoms with Crippen LogP contribution >= 0.6 is 11.8 Å². The molecule has 1 aromatic heterocycles. The first-order chi connectivity index (χ1) is 16.5. The Morgan fingerprint density at radius 1 is 0.882 bits per heavy atom. The van der Waals surface area contributed by atoms with E-state index >= 15 is 0 Å². The number of benzene rings is 3. The Morgan fingerprint density at radius 2 is 1.47 bits per heavy atom. The number of nitrogens with one attached hydrogen (secondary N) is 1. The number of rotatable bonds is 8. The first-order valence-electron chi connectivity index (χ1n) is 10.7. The third-order valence-electron chi connectivity index (χ3n) is 5.39. The summed E-state index contributed by atoms with van der Waals surface area (Å²) in [6.07, 6.45) is 0. The summed E-state index contributed by atoms with van der Waals surface area (Å²) in [5.41, 5.74) is 4.66. The second kappa shape index (κ2) is 10.4. The van der Waals surface area contributed by atoms with Crippen molar-refractivity contribution in [3.8, 4) is 28.6 Å². The van der Waals surface area contributed by atoms with Gasteiger partial charge in [-0.25, -0.2) is 0 Å². The van der Waals surface area contributed by atoms with Crippen molar-refractivity contribution >= 4 is 23.4 Å². The smallest absolute Gasteiger partial charge is 0.234 e. The second-order valence-corrected chi connectivity index (χ2v) is 8.61. The van der Waals surface area contributed by atoms with Gasteiger partial charge in [0.25, 0.3) is 0 Å². The minimum Gasteiger partial charge on any atom is -0.497 e. The normalized spacial score (nSPS) is 10.7. The largest absolute Gasteiger partial charge is 0.497 e. The lowest BCUT2D eigenvalue weighted by Gasteiger charge is -2.13. The molecule has 0 aliphatic rings. The molecule has 0 saturated heterocycles. The van der Waals surface area contributed by atoms with Gasteiger partial charge in [0.05, 0.1) is 20.0 Å². The van der Waals surface area contributed by atoms with Crippen molar-refractivity contribution in [2.45, 2.75) is 19.0 Å². The summed E-state index contributed by atoms with van der Waals surface area (Å²) in [5, 5.41) is 12.5. The second-order valence-electron chi connectivity index (χ2n) is 7.67. The molecule has 0 unspecified atom stereocenters. The maximum Gasteiger partial charge on any atom is 0.234 e. The molecule has 1 amide bonds. The van der Waals surface area contributed by atoms with Gasteiger partial charge in [0.1, 0.15) is 11.5 Å². The van der Waals surface area contributed by atoms with Crippen molar-refractivity contribution in [1.29, 1.82) is 0 Å². The summed E-state index contributed by atoms with van der Waals surface area (Å²) in [6.45, 7) is 3.97. The van der Waals surface area contributed by atoms with E-state index in [0.29, 0.717) is 11.0 Å². The van der Waals surface area contributed by atoms with Gasteiger partial charge in [0.15, 0.2) is 11.0 Å². The fraction of sp³-hybridized carbons (Fsp3) is 0.192. The number of amides is 1. The van der Waals surface area contributed by atoms with Crippen LogP contribution in [-0.4, -0.2) is 40.6 Å². The van der Waals surface area contributed by atoms with Gasteiger partial charge in [-0.15, -0.1) is 10.2 Å². The topological polar surface area (TPSA) is 78.3 Å². The first-order valence-corrected chi connectivity index (χ1v) is 11.7. The molecule has 4 aromatic rings. The van der Waals surface area contributed by atoms with Crippen molar-refractivity contribution in [2.75, 3.05) is 25.3 Å². The lowest BCUT2D eigenvalue weighted by atomic mass is 10.1. The SMILES string of the molecule is COc1ccc(-c2nnc(SCC(=O)Nc3c(C)cccc3C)n2-c2ccc(OC)cc2)cc1. The molecule has 0 aliphatic carbocycles. The number of hydrogen-bond donors (Lipinski definition) is 1. The molecule has 1 heterocycles. The monoisotopic (exact) mass is 474 g/mol. The number of ether oxygens (including phenoxy) is 2. The van der Waals surface area contributed by atoms with Crippen LogP contribution < -0.4 is 14.8 Å².